The molecular formula is C8H9FOS. The van der Waals surface area contributed by atoms with E-state index < -0.39 is 0 Å². The molecular weight excluding hydrogens is 163 g/mol. The van der Waals surface area contributed by atoms with Crippen molar-refractivity contribution in [3.05, 3.63) is 29.6 Å². The lowest BCUT2D eigenvalue weighted by molar-refractivity contribution is 0.297. The first-order chi connectivity index (χ1) is 5.25. The van der Waals surface area contributed by atoms with E-state index in [2.05, 4.69) is 12.6 Å². The molecule has 0 aliphatic carbocycles. The molecule has 0 unspecified atom stereocenters. The SMILES string of the molecule is OCCc1cccc(S)c1F. The summed E-state index contributed by atoms with van der Waals surface area (Å²) in [6.45, 7) is -0.0336. The van der Waals surface area contributed by atoms with Gasteiger partial charge in [-0.1, -0.05) is 12.1 Å². The van der Waals surface area contributed by atoms with Gasteiger partial charge in [-0.2, -0.15) is 0 Å². The number of thiol groups is 1. The lowest BCUT2D eigenvalue weighted by Gasteiger charge is -2.01. The highest BCUT2D eigenvalue weighted by atomic mass is 32.1. The fourth-order valence-electron chi connectivity index (χ4n) is 0.880. The van der Waals surface area contributed by atoms with Gasteiger partial charge in [0.1, 0.15) is 5.82 Å². The van der Waals surface area contributed by atoms with Crippen molar-refractivity contribution in [1.82, 2.24) is 0 Å². The number of halogens is 1. The first-order valence-corrected chi connectivity index (χ1v) is 3.77. The van der Waals surface area contributed by atoms with Crippen LogP contribution in [0.4, 0.5) is 4.39 Å². The van der Waals surface area contributed by atoms with Crippen molar-refractivity contribution < 1.29 is 9.50 Å². The molecule has 11 heavy (non-hydrogen) atoms. The Morgan fingerprint density at radius 2 is 2.18 bits per heavy atom. The second-order valence-electron chi connectivity index (χ2n) is 2.22. The Labute approximate surface area is 70.3 Å². The summed E-state index contributed by atoms with van der Waals surface area (Å²) in [4.78, 5) is 0.330. The molecule has 60 valence electrons. The minimum absolute atomic E-state index is 0.0336. The molecule has 1 nitrogen and oxygen atoms in total. The van der Waals surface area contributed by atoms with Crippen molar-refractivity contribution in [1.29, 1.82) is 0 Å². The van der Waals surface area contributed by atoms with Gasteiger partial charge in [-0.25, -0.2) is 4.39 Å². The molecule has 0 spiro atoms. The van der Waals surface area contributed by atoms with Gasteiger partial charge in [0.15, 0.2) is 0 Å². The molecule has 3 heteroatoms. The van der Waals surface area contributed by atoms with E-state index in [1.165, 1.54) is 0 Å². The Kier molecular flexibility index (Phi) is 2.91. The second-order valence-corrected chi connectivity index (χ2v) is 2.71. The average molecular weight is 172 g/mol. The van der Waals surface area contributed by atoms with Crippen molar-refractivity contribution >= 4 is 12.6 Å². The highest BCUT2D eigenvalue weighted by Gasteiger charge is 2.03. The zero-order valence-corrected chi connectivity index (χ0v) is 6.81. The van der Waals surface area contributed by atoms with Crippen molar-refractivity contribution in [3.8, 4) is 0 Å². The molecule has 1 rings (SSSR count). The standard InChI is InChI=1S/C8H9FOS/c9-8-6(4-5-10)2-1-3-7(8)11/h1-3,10-11H,4-5H2. The van der Waals surface area contributed by atoms with Crippen molar-refractivity contribution in [2.45, 2.75) is 11.3 Å². The molecule has 0 fully saturated rings. The van der Waals surface area contributed by atoms with Gasteiger partial charge in [-0.3, -0.25) is 0 Å². The Morgan fingerprint density at radius 3 is 2.82 bits per heavy atom. The van der Waals surface area contributed by atoms with E-state index >= 15 is 0 Å². The number of aliphatic hydroxyl groups excluding tert-OH is 1. The summed E-state index contributed by atoms with van der Waals surface area (Å²) in [5, 5.41) is 8.54. The first kappa shape index (κ1) is 8.56. The maximum atomic E-state index is 13.0. The van der Waals surface area contributed by atoms with Crippen LogP contribution < -0.4 is 0 Å². The van der Waals surface area contributed by atoms with E-state index in [9.17, 15) is 4.39 Å². The third-order valence-electron chi connectivity index (χ3n) is 1.44. The number of hydrogen-bond donors (Lipinski definition) is 2. The van der Waals surface area contributed by atoms with Crippen LogP contribution in [0.2, 0.25) is 0 Å². The van der Waals surface area contributed by atoms with Gasteiger partial charge in [0, 0.05) is 11.5 Å². The van der Waals surface area contributed by atoms with Crippen LogP contribution in [0.1, 0.15) is 5.56 Å². The van der Waals surface area contributed by atoms with Crippen LogP contribution in [0.25, 0.3) is 0 Å². The molecule has 0 amide bonds. The fourth-order valence-corrected chi connectivity index (χ4v) is 1.11. The van der Waals surface area contributed by atoms with Crippen LogP contribution in [0.5, 0.6) is 0 Å². The Bertz CT molecular complexity index is 250. The van der Waals surface area contributed by atoms with E-state index in [1.54, 1.807) is 18.2 Å². The van der Waals surface area contributed by atoms with Gasteiger partial charge in [-0.05, 0) is 18.1 Å². The normalized spacial score (nSPS) is 10.1. The molecule has 1 aromatic carbocycles. The molecule has 0 aliphatic heterocycles. The van der Waals surface area contributed by atoms with Crippen LogP contribution in [0.3, 0.4) is 0 Å². The van der Waals surface area contributed by atoms with Gasteiger partial charge in [0.25, 0.3) is 0 Å². The lowest BCUT2D eigenvalue weighted by atomic mass is 10.1. The molecule has 0 saturated heterocycles. The molecule has 0 aromatic heterocycles. The van der Waals surface area contributed by atoms with E-state index in [0.29, 0.717) is 16.9 Å². The molecule has 0 heterocycles. The summed E-state index contributed by atoms with van der Waals surface area (Å²) in [7, 11) is 0. The van der Waals surface area contributed by atoms with Crippen LogP contribution >= 0.6 is 12.6 Å². The van der Waals surface area contributed by atoms with Gasteiger partial charge in [0.2, 0.25) is 0 Å². The average Bonchev–Trinajstić information content (AvgIpc) is 1.99. The van der Waals surface area contributed by atoms with Crippen LogP contribution in [0, 0.1) is 5.82 Å². The third-order valence-corrected chi connectivity index (χ3v) is 1.78. The monoisotopic (exact) mass is 172 g/mol. The highest BCUT2D eigenvalue weighted by molar-refractivity contribution is 7.80. The van der Waals surface area contributed by atoms with E-state index in [0.717, 1.165) is 0 Å². The molecule has 0 radical (unpaired) electrons. The van der Waals surface area contributed by atoms with Crippen molar-refractivity contribution in [2.75, 3.05) is 6.61 Å². The van der Waals surface area contributed by atoms with Gasteiger partial charge in [0.05, 0.1) is 0 Å². The summed E-state index contributed by atoms with van der Waals surface area (Å²) in [6, 6.07) is 4.95. The predicted molar refractivity (Wildman–Crippen MR) is 44.4 cm³/mol. The van der Waals surface area contributed by atoms with Crippen LogP contribution in [-0.2, 0) is 6.42 Å². The van der Waals surface area contributed by atoms with Gasteiger partial charge < -0.3 is 5.11 Å². The van der Waals surface area contributed by atoms with Crippen molar-refractivity contribution in [3.63, 3.8) is 0 Å². The summed E-state index contributed by atoms with van der Waals surface area (Å²) < 4.78 is 13.0. The van der Waals surface area contributed by atoms with Gasteiger partial charge >= 0.3 is 0 Å². The van der Waals surface area contributed by atoms with E-state index in [-0.39, 0.29) is 12.4 Å². The maximum Gasteiger partial charge on any atom is 0.139 e. The Morgan fingerprint density at radius 1 is 1.45 bits per heavy atom. The molecule has 0 saturated carbocycles. The van der Waals surface area contributed by atoms with Crippen LogP contribution in [0.15, 0.2) is 23.1 Å². The third kappa shape index (κ3) is 1.94. The minimum atomic E-state index is -0.329. The van der Waals surface area contributed by atoms with E-state index in [4.69, 9.17) is 5.11 Å². The topological polar surface area (TPSA) is 20.2 Å². The smallest absolute Gasteiger partial charge is 0.139 e. The van der Waals surface area contributed by atoms with Crippen molar-refractivity contribution in [2.24, 2.45) is 0 Å². The first-order valence-electron chi connectivity index (χ1n) is 3.33. The van der Waals surface area contributed by atoms with Crippen LogP contribution in [-0.4, -0.2) is 11.7 Å². The number of hydrogen-bond acceptors (Lipinski definition) is 2. The fraction of sp³-hybridized carbons (Fsp3) is 0.250. The number of aliphatic hydroxyl groups is 1. The summed E-state index contributed by atoms with van der Waals surface area (Å²) >= 11 is 3.90. The maximum absolute atomic E-state index is 13.0. The molecule has 1 N–H and O–H groups in total. The summed E-state index contributed by atoms with van der Waals surface area (Å²) in [5.74, 6) is -0.329. The zero-order valence-electron chi connectivity index (χ0n) is 5.92. The summed E-state index contributed by atoms with van der Waals surface area (Å²) in [5.41, 5.74) is 0.514. The predicted octanol–water partition coefficient (Wildman–Crippen LogP) is 1.65. The Hall–Kier alpha value is -0.540. The van der Waals surface area contributed by atoms with Gasteiger partial charge in [-0.15, -0.1) is 12.6 Å². The molecule has 0 bridgehead atoms. The Balaban J connectivity index is 2.96. The number of benzene rings is 1. The molecule has 0 atom stereocenters. The van der Waals surface area contributed by atoms with E-state index in [1.807, 2.05) is 0 Å². The summed E-state index contributed by atoms with van der Waals surface area (Å²) in [6.07, 6.45) is 0.347. The quantitative estimate of drug-likeness (QED) is 0.650. The highest BCUT2D eigenvalue weighted by Crippen LogP contribution is 2.16. The second kappa shape index (κ2) is 3.74. The molecule has 1 aromatic rings. The number of rotatable bonds is 2. The largest absolute Gasteiger partial charge is 0.396 e. The molecule has 0 aliphatic rings. The minimum Gasteiger partial charge on any atom is -0.396 e. The zero-order chi connectivity index (χ0) is 8.27. The lowest BCUT2D eigenvalue weighted by Crippen LogP contribution is -1.94.